The van der Waals surface area contributed by atoms with Crippen molar-refractivity contribution >= 4 is 16.6 Å². The molecule has 33 heavy (non-hydrogen) atoms. The minimum absolute atomic E-state index is 0.0743. The van der Waals surface area contributed by atoms with Gasteiger partial charge in [0.2, 0.25) is 0 Å². The van der Waals surface area contributed by atoms with Crippen molar-refractivity contribution in [1.29, 1.82) is 0 Å². The lowest BCUT2D eigenvalue weighted by molar-refractivity contribution is -0.215. The van der Waals surface area contributed by atoms with E-state index in [1.54, 1.807) is 20.1 Å². The first-order valence-electron chi connectivity index (χ1n) is 11.0. The Bertz CT molecular complexity index is 1070. The molecule has 0 amide bonds. The van der Waals surface area contributed by atoms with Crippen molar-refractivity contribution in [2.75, 3.05) is 21.3 Å². The van der Waals surface area contributed by atoms with Crippen LogP contribution in [-0.4, -0.2) is 51.7 Å². The molecule has 2 aromatic rings. The fraction of sp³-hybridized carbons (Fsp3) is 0.480. The third kappa shape index (κ3) is 4.43. The molecule has 2 aromatic carbocycles. The second-order valence-corrected chi connectivity index (χ2v) is 8.19. The number of benzene rings is 2. The van der Waals surface area contributed by atoms with E-state index < -0.39 is 18.2 Å². The molecule has 4 rings (SSSR count). The molecule has 0 N–H and O–H groups in total. The molecule has 8 heteroatoms. The van der Waals surface area contributed by atoms with Gasteiger partial charge in [-0.05, 0) is 44.9 Å². The van der Waals surface area contributed by atoms with Gasteiger partial charge in [-0.3, -0.25) is 4.79 Å². The first kappa shape index (κ1) is 23.5. The topological polar surface area (TPSA) is 72.5 Å². The van der Waals surface area contributed by atoms with E-state index in [-0.39, 0.29) is 29.8 Å². The minimum Gasteiger partial charge on any atom is -0.496 e. The molecule has 0 aliphatic carbocycles. The molecular formula is C25H29FO7. The van der Waals surface area contributed by atoms with Crippen LogP contribution in [0, 0.1) is 5.82 Å². The van der Waals surface area contributed by atoms with Gasteiger partial charge in [0.1, 0.15) is 17.6 Å². The van der Waals surface area contributed by atoms with E-state index in [9.17, 15) is 9.18 Å². The maximum absolute atomic E-state index is 14.7. The van der Waals surface area contributed by atoms with Crippen molar-refractivity contribution in [2.45, 2.75) is 57.4 Å². The van der Waals surface area contributed by atoms with Crippen LogP contribution in [0.15, 0.2) is 30.4 Å². The van der Waals surface area contributed by atoms with E-state index in [2.05, 4.69) is 0 Å². The molecule has 5 atom stereocenters. The lowest BCUT2D eigenvalue weighted by Gasteiger charge is -2.37. The van der Waals surface area contributed by atoms with Gasteiger partial charge in [-0.1, -0.05) is 6.07 Å². The summed E-state index contributed by atoms with van der Waals surface area (Å²) < 4.78 is 49.1. The number of fused-ring (bicyclic) bond motifs is 1. The van der Waals surface area contributed by atoms with Gasteiger partial charge in [0, 0.05) is 17.0 Å². The van der Waals surface area contributed by atoms with E-state index in [0.29, 0.717) is 35.1 Å². The molecular weight excluding hydrogens is 431 g/mol. The molecule has 0 unspecified atom stereocenters. The first-order valence-corrected chi connectivity index (χ1v) is 11.0. The second kappa shape index (κ2) is 9.67. The second-order valence-electron chi connectivity index (χ2n) is 8.19. The summed E-state index contributed by atoms with van der Waals surface area (Å²) in [4.78, 5) is 11.6. The summed E-state index contributed by atoms with van der Waals surface area (Å²) in [5, 5.41) is 1.19. The molecule has 0 saturated carbocycles. The molecule has 2 heterocycles. The van der Waals surface area contributed by atoms with Gasteiger partial charge in [-0.25, -0.2) is 4.39 Å². The van der Waals surface area contributed by atoms with E-state index in [0.717, 1.165) is 5.56 Å². The third-order valence-electron chi connectivity index (χ3n) is 6.21. The van der Waals surface area contributed by atoms with Crippen molar-refractivity contribution in [1.82, 2.24) is 0 Å². The Kier molecular flexibility index (Phi) is 6.88. The Morgan fingerprint density at radius 3 is 2.39 bits per heavy atom. The molecule has 2 aliphatic heterocycles. The van der Waals surface area contributed by atoms with E-state index >= 15 is 0 Å². The first-order chi connectivity index (χ1) is 15.9. The Labute approximate surface area is 192 Å². The smallest absolute Gasteiger partial charge is 0.184 e. The largest absolute Gasteiger partial charge is 0.496 e. The zero-order chi connectivity index (χ0) is 23.7. The van der Waals surface area contributed by atoms with Crippen LogP contribution in [-0.2, 0) is 19.0 Å². The number of carbonyl (C=O) groups is 1. The normalized spacial score (nSPS) is 27.6. The van der Waals surface area contributed by atoms with Crippen LogP contribution in [0.1, 0.15) is 38.4 Å². The van der Waals surface area contributed by atoms with E-state index in [1.165, 1.54) is 26.4 Å². The number of carbonyl (C=O) groups excluding carboxylic acids is 1. The van der Waals surface area contributed by atoms with Gasteiger partial charge in [0.15, 0.2) is 23.6 Å². The zero-order valence-electron chi connectivity index (χ0n) is 19.4. The quantitative estimate of drug-likeness (QED) is 0.629. The number of ether oxygens (including phenoxy) is 6. The Balaban J connectivity index is 1.60. The summed E-state index contributed by atoms with van der Waals surface area (Å²) in [6.45, 7) is 3.64. The van der Waals surface area contributed by atoms with Crippen LogP contribution in [0.5, 0.6) is 17.2 Å². The van der Waals surface area contributed by atoms with Crippen LogP contribution < -0.4 is 14.2 Å². The maximum atomic E-state index is 14.7. The number of ketones is 1. The molecule has 1 saturated heterocycles. The van der Waals surface area contributed by atoms with Crippen LogP contribution >= 0.6 is 0 Å². The van der Waals surface area contributed by atoms with Crippen molar-refractivity contribution in [3.8, 4) is 17.2 Å². The SMILES string of the molecule is COc1cc(F)c(OC)c2c(OC)c([C@@H]3CC[C@@H](O[C@@H]4C=CC(=O)[C@@H](C)O4)[C@H](C)O3)ccc12. The average Bonchev–Trinajstić information content (AvgIpc) is 2.81. The summed E-state index contributed by atoms with van der Waals surface area (Å²) in [5.74, 6) is 0.378. The molecule has 0 radical (unpaired) electrons. The summed E-state index contributed by atoms with van der Waals surface area (Å²) in [6.07, 6.45) is 2.68. The van der Waals surface area contributed by atoms with Crippen LogP contribution in [0.3, 0.4) is 0 Å². The van der Waals surface area contributed by atoms with Crippen LogP contribution in [0.2, 0.25) is 0 Å². The van der Waals surface area contributed by atoms with Gasteiger partial charge in [-0.2, -0.15) is 0 Å². The number of hydrogen-bond donors (Lipinski definition) is 0. The predicted octanol–water partition coefficient (Wildman–Crippen LogP) is 4.50. The van der Waals surface area contributed by atoms with E-state index in [4.69, 9.17) is 28.4 Å². The lowest BCUT2D eigenvalue weighted by Crippen LogP contribution is -2.40. The minimum atomic E-state index is -0.583. The van der Waals surface area contributed by atoms with Crippen LogP contribution in [0.4, 0.5) is 4.39 Å². The highest BCUT2D eigenvalue weighted by Gasteiger charge is 2.35. The Morgan fingerprint density at radius 1 is 1.00 bits per heavy atom. The zero-order valence-corrected chi connectivity index (χ0v) is 19.4. The Hall–Kier alpha value is -2.68. The predicted molar refractivity (Wildman–Crippen MR) is 119 cm³/mol. The number of halogens is 1. The lowest BCUT2D eigenvalue weighted by atomic mass is 9.93. The summed E-state index contributed by atoms with van der Waals surface area (Å²) in [6, 6.07) is 5.08. The van der Waals surface area contributed by atoms with Gasteiger partial charge in [-0.15, -0.1) is 0 Å². The van der Waals surface area contributed by atoms with Crippen molar-refractivity contribution in [3.05, 3.63) is 41.7 Å². The highest BCUT2D eigenvalue weighted by Crippen LogP contribution is 2.46. The molecule has 7 nitrogen and oxygen atoms in total. The Morgan fingerprint density at radius 2 is 1.76 bits per heavy atom. The average molecular weight is 460 g/mol. The summed E-state index contributed by atoms with van der Waals surface area (Å²) in [7, 11) is 4.46. The highest BCUT2D eigenvalue weighted by atomic mass is 19.1. The van der Waals surface area contributed by atoms with Gasteiger partial charge < -0.3 is 28.4 Å². The van der Waals surface area contributed by atoms with E-state index in [1.807, 2.05) is 19.1 Å². The van der Waals surface area contributed by atoms with Crippen molar-refractivity contribution in [3.63, 3.8) is 0 Å². The monoisotopic (exact) mass is 460 g/mol. The fourth-order valence-corrected chi connectivity index (χ4v) is 4.49. The van der Waals surface area contributed by atoms with Gasteiger partial charge >= 0.3 is 0 Å². The summed E-state index contributed by atoms with van der Waals surface area (Å²) >= 11 is 0. The number of methoxy groups -OCH3 is 3. The molecule has 0 spiro atoms. The molecule has 2 aliphatic rings. The van der Waals surface area contributed by atoms with Crippen LogP contribution in [0.25, 0.3) is 10.8 Å². The molecule has 178 valence electrons. The molecule has 0 aromatic heterocycles. The van der Waals surface area contributed by atoms with Gasteiger partial charge in [0.05, 0.1) is 45.0 Å². The van der Waals surface area contributed by atoms with Gasteiger partial charge in [0.25, 0.3) is 0 Å². The maximum Gasteiger partial charge on any atom is 0.184 e. The fourth-order valence-electron chi connectivity index (χ4n) is 4.49. The molecule has 0 bridgehead atoms. The number of rotatable bonds is 6. The highest BCUT2D eigenvalue weighted by molar-refractivity contribution is 5.99. The molecule has 1 fully saturated rings. The number of hydrogen-bond acceptors (Lipinski definition) is 7. The summed E-state index contributed by atoms with van der Waals surface area (Å²) in [5.41, 5.74) is 0.800. The van der Waals surface area contributed by atoms with Crippen molar-refractivity contribution in [2.24, 2.45) is 0 Å². The third-order valence-corrected chi connectivity index (χ3v) is 6.21. The van der Waals surface area contributed by atoms with Crippen molar-refractivity contribution < 1.29 is 37.6 Å². The standard InChI is InChI=1S/C25H29FO7/c1-13-18(27)8-11-22(32-13)33-19-9-10-20(31-14(19)2)16-7-6-15-21(28-3)12-17(26)25(30-5)23(15)24(16)29-4/h6-8,11-14,19-20,22H,9-10H2,1-5H3/t13-,14+,19-,20+,22-/m1/s1.